The first-order chi connectivity index (χ1) is 12.8. The number of nitrogens with one attached hydrogen (secondary N) is 1. The van der Waals surface area contributed by atoms with Gasteiger partial charge >= 0.3 is 5.97 Å². The van der Waals surface area contributed by atoms with Gasteiger partial charge in [-0.25, -0.2) is 0 Å². The van der Waals surface area contributed by atoms with Crippen molar-refractivity contribution in [2.75, 3.05) is 51.4 Å². The lowest BCUT2D eigenvalue weighted by Gasteiger charge is -2.32. The average Bonchev–Trinajstić information content (AvgIpc) is 2.64. The smallest absolute Gasteiger partial charge is 0.320 e. The fraction of sp³-hybridized carbons (Fsp3) is 0.526. The third-order valence-corrected chi connectivity index (χ3v) is 5.74. The zero-order valence-corrected chi connectivity index (χ0v) is 17.1. The number of ether oxygens (including phenoxy) is 1. The summed E-state index contributed by atoms with van der Waals surface area (Å²) in [6.07, 6.45) is 0. The molecule has 27 heavy (non-hydrogen) atoms. The topological polar surface area (TPSA) is 79.0 Å². The second-order valence-electron chi connectivity index (χ2n) is 6.69. The summed E-state index contributed by atoms with van der Waals surface area (Å²) >= 11 is 1.50. The monoisotopic (exact) mass is 393 g/mol. The Hall–Kier alpha value is -2.06. The molecular weight excluding hydrogens is 366 g/mol. The summed E-state index contributed by atoms with van der Waals surface area (Å²) in [5, 5.41) is 2.55. The molecular formula is C19H27N3O4S. The minimum atomic E-state index is -0.342. The van der Waals surface area contributed by atoms with Crippen molar-refractivity contribution in [3.05, 3.63) is 29.3 Å². The van der Waals surface area contributed by atoms with Gasteiger partial charge in [0.25, 0.3) is 0 Å². The molecule has 1 atom stereocenters. The first kappa shape index (κ1) is 21.2. The first-order valence-corrected chi connectivity index (χ1v) is 9.88. The van der Waals surface area contributed by atoms with E-state index >= 15 is 0 Å². The maximum Gasteiger partial charge on any atom is 0.320 e. The molecule has 7 nitrogen and oxygen atoms in total. The molecule has 1 fully saturated rings. The number of likely N-dealkylation sites (N-methyl/N-ethyl adjacent to an activating group) is 1. The number of anilines is 1. The van der Waals surface area contributed by atoms with Crippen molar-refractivity contribution in [2.45, 2.75) is 19.1 Å². The minimum absolute atomic E-state index is 0.0914. The van der Waals surface area contributed by atoms with Gasteiger partial charge in [-0.05, 0) is 38.1 Å². The number of nitrogens with zero attached hydrogens (tertiary/aromatic N) is 2. The summed E-state index contributed by atoms with van der Waals surface area (Å²) in [4.78, 5) is 39.8. The van der Waals surface area contributed by atoms with Crippen LogP contribution in [0.25, 0.3) is 0 Å². The van der Waals surface area contributed by atoms with Crippen LogP contribution < -0.4 is 5.32 Å². The summed E-state index contributed by atoms with van der Waals surface area (Å²) in [7, 11) is 3.09. The van der Waals surface area contributed by atoms with E-state index in [9.17, 15) is 14.4 Å². The van der Waals surface area contributed by atoms with Gasteiger partial charge in [0.15, 0.2) is 0 Å². The Labute approximate surface area is 164 Å². The van der Waals surface area contributed by atoms with Crippen LogP contribution in [0.4, 0.5) is 5.69 Å². The highest BCUT2D eigenvalue weighted by Gasteiger charge is 2.30. The molecule has 0 aliphatic carbocycles. The summed E-state index contributed by atoms with van der Waals surface area (Å²) in [6.45, 7) is 5.14. The standard InChI is InChI=1S/C19H27N3O4S/c1-13-6-5-7-15(14(13)2)20-17(23)11-21(3)12-18(24)22-8-9-27-16(10-22)19(25)26-4/h5-7,16H,8-12H2,1-4H3,(H,20,23)/t16-/m0/s1. The van der Waals surface area contributed by atoms with Crippen LogP contribution in [-0.4, -0.2) is 78.9 Å². The van der Waals surface area contributed by atoms with Gasteiger partial charge in [0.05, 0.1) is 20.2 Å². The molecule has 1 aliphatic rings. The van der Waals surface area contributed by atoms with Crippen molar-refractivity contribution in [2.24, 2.45) is 0 Å². The highest BCUT2D eigenvalue weighted by molar-refractivity contribution is 8.00. The maximum absolute atomic E-state index is 12.5. The van der Waals surface area contributed by atoms with Gasteiger partial charge in [-0.3, -0.25) is 19.3 Å². The second-order valence-corrected chi connectivity index (χ2v) is 8.00. The number of carbonyl (C=O) groups is 3. The van der Waals surface area contributed by atoms with Gasteiger partial charge in [-0.1, -0.05) is 12.1 Å². The van der Waals surface area contributed by atoms with Crippen molar-refractivity contribution < 1.29 is 19.1 Å². The van der Waals surface area contributed by atoms with Gasteiger partial charge in [-0.2, -0.15) is 0 Å². The number of benzene rings is 1. The molecule has 8 heteroatoms. The third kappa shape index (κ3) is 5.97. The lowest BCUT2D eigenvalue weighted by atomic mass is 10.1. The van der Waals surface area contributed by atoms with E-state index in [-0.39, 0.29) is 36.1 Å². The summed E-state index contributed by atoms with van der Waals surface area (Å²) in [5.74, 6) is 0.133. The molecule has 2 amide bonds. The van der Waals surface area contributed by atoms with Crippen molar-refractivity contribution in [1.29, 1.82) is 0 Å². The molecule has 1 aromatic rings. The molecule has 0 saturated carbocycles. The van der Waals surface area contributed by atoms with Crippen molar-refractivity contribution in [3.8, 4) is 0 Å². The average molecular weight is 394 g/mol. The molecule has 1 aliphatic heterocycles. The number of aryl methyl sites for hydroxylation is 1. The molecule has 0 unspecified atom stereocenters. The SMILES string of the molecule is COC(=O)[C@@H]1CN(C(=O)CN(C)CC(=O)Nc2cccc(C)c2C)CCS1. The molecule has 2 rings (SSSR count). The second kappa shape index (κ2) is 9.75. The van der Waals surface area contributed by atoms with Gasteiger partial charge in [0.2, 0.25) is 11.8 Å². The minimum Gasteiger partial charge on any atom is -0.468 e. The Morgan fingerprint density at radius 2 is 2.04 bits per heavy atom. The number of methoxy groups -OCH3 is 1. The van der Waals surface area contributed by atoms with Crippen LogP contribution in [0.1, 0.15) is 11.1 Å². The number of thioether (sulfide) groups is 1. The van der Waals surface area contributed by atoms with Crippen molar-refractivity contribution in [3.63, 3.8) is 0 Å². The first-order valence-electron chi connectivity index (χ1n) is 8.83. The number of rotatable bonds is 6. The number of hydrogen-bond donors (Lipinski definition) is 1. The van der Waals surface area contributed by atoms with E-state index in [0.717, 1.165) is 16.8 Å². The van der Waals surface area contributed by atoms with Gasteiger partial charge < -0.3 is 15.0 Å². The normalized spacial score (nSPS) is 16.9. The van der Waals surface area contributed by atoms with E-state index in [1.807, 2.05) is 32.0 Å². The van der Waals surface area contributed by atoms with E-state index < -0.39 is 0 Å². The molecule has 0 aromatic heterocycles. The highest BCUT2D eigenvalue weighted by atomic mass is 32.2. The Balaban J connectivity index is 1.84. The van der Waals surface area contributed by atoms with Crippen LogP contribution in [-0.2, 0) is 19.1 Å². The van der Waals surface area contributed by atoms with E-state index in [1.165, 1.54) is 18.9 Å². The van der Waals surface area contributed by atoms with Crippen LogP contribution >= 0.6 is 11.8 Å². The van der Waals surface area contributed by atoms with Crippen molar-refractivity contribution >= 4 is 35.2 Å². The summed E-state index contributed by atoms with van der Waals surface area (Å²) < 4.78 is 4.76. The molecule has 1 N–H and O–H groups in total. The summed E-state index contributed by atoms with van der Waals surface area (Å²) in [6, 6.07) is 5.76. The van der Waals surface area contributed by atoms with Gasteiger partial charge in [0.1, 0.15) is 5.25 Å². The number of carbonyl (C=O) groups excluding carboxylic acids is 3. The zero-order valence-electron chi connectivity index (χ0n) is 16.3. The largest absolute Gasteiger partial charge is 0.468 e. The Morgan fingerprint density at radius 3 is 2.74 bits per heavy atom. The van der Waals surface area contributed by atoms with Gasteiger partial charge in [-0.15, -0.1) is 11.8 Å². The van der Waals surface area contributed by atoms with Crippen LogP contribution in [0.15, 0.2) is 18.2 Å². The number of amides is 2. The van der Waals surface area contributed by atoms with Crippen LogP contribution in [0.3, 0.4) is 0 Å². The lowest BCUT2D eigenvalue weighted by Crippen LogP contribution is -2.48. The number of hydrogen-bond acceptors (Lipinski definition) is 6. The molecule has 1 saturated heterocycles. The quantitative estimate of drug-likeness (QED) is 0.734. The molecule has 1 heterocycles. The Morgan fingerprint density at radius 1 is 1.30 bits per heavy atom. The predicted molar refractivity (Wildman–Crippen MR) is 107 cm³/mol. The van der Waals surface area contributed by atoms with E-state index in [4.69, 9.17) is 4.74 Å². The van der Waals surface area contributed by atoms with E-state index in [2.05, 4.69) is 5.32 Å². The Kier molecular flexibility index (Phi) is 7.67. The molecule has 0 bridgehead atoms. The number of esters is 1. The van der Waals surface area contributed by atoms with E-state index in [0.29, 0.717) is 18.8 Å². The predicted octanol–water partition coefficient (Wildman–Crippen LogP) is 1.29. The highest BCUT2D eigenvalue weighted by Crippen LogP contribution is 2.20. The zero-order chi connectivity index (χ0) is 20.0. The molecule has 0 radical (unpaired) electrons. The Bertz CT molecular complexity index is 710. The summed E-state index contributed by atoms with van der Waals surface area (Å²) in [5.41, 5.74) is 2.93. The van der Waals surface area contributed by atoms with Crippen LogP contribution in [0.5, 0.6) is 0 Å². The molecule has 0 spiro atoms. The molecule has 148 valence electrons. The van der Waals surface area contributed by atoms with E-state index in [1.54, 1.807) is 16.8 Å². The fourth-order valence-corrected chi connectivity index (χ4v) is 3.99. The van der Waals surface area contributed by atoms with Crippen LogP contribution in [0, 0.1) is 13.8 Å². The molecule has 1 aromatic carbocycles. The maximum atomic E-state index is 12.5. The third-order valence-electron chi connectivity index (χ3n) is 4.58. The van der Waals surface area contributed by atoms with Crippen LogP contribution in [0.2, 0.25) is 0 Å². The van der Waals surface area contributed by atoms with Gasteiger partial charge in [0, 0.05) is 24.5 Å². The fourth-order valence-electron chi connectivity index (χ4n) is 2.86. The van der Waals surface area contributed by atoms with Crippen molar-refractivity contribution in [1.82, 2.24) is 9.80 Å². The lowest BCUT2D eigenvalue weighted by molar-refractivity contribution is -0.141.